The summed E-state index contributed by atoms with van der Waals surface area (Å²) in [5.41, 5.74) is 0. The molecule has 1 heterocycles. The maximum absolute atomic E-state index is 11.2. The third-order valence-electron chi connectivity index (χ3n) is 2.15. The van der Waals surface area contributed by atoms with E-state index in [0.717, 1.165) is 19.4 Å². The Hall–Kier alpha value is -1.08. The second kappa shape index (κ2) is 5.55. The van der Waals surface area contributed by atoms with Crippen molar-refractivity contribution in [2.45, 2.75) is 31.7 Å². The number of amides is 1. The smallest absolute Gasteiger partial charge is 0.221 e. The van der Waals surface area contributed by atoms with Crippen molar-refractivity contribution in [2.75, 3.05) is 13.1 Å². The number of nitriles is 1. The lowest BCUT2D eigenvalue weighted by Gasteiger charge is -2.08. The van der Waals surface area contributed by atoms with E-state index in [1.807, 2.05) is 6.07 Å². The number of rotatable bonds is 4. The van der Waals surface area contributed by atoms with Crippen LogP contribution in [0.4, 0.5) is 0 Å². The van der Waals surface area contributed by atoms with Gasteiger partial charge in [-0.05, 0) is 19.4 Å². The van der Waals surface area contributed by atoms with E-state index >= 15 is 0 Å². The first-order valence-corrected chi connectivity index (χ1v) is 4.70. The number of hydrogen-bond donors (Lipinski definition) is 2. The zero-order valence-corrected chi connectivity index (χ0v) is 7.68. The Bertz CT molecular complexity index is 203. The van der Waals surface area contributed by atoms with Crippen LogP contribution in [0.3, 0.4) is 0 Å². The molecule has 0 aromatic heterocycles. The van der Waals surface area contributed by atoms with Crippen molar-refractivity contribution in [3.8, 4) is 6.07 Å². The van der Waals surface area contributed by atoms with Crippen LogP contribution in [-0.4, -0.2) is 25.0 Å². The molecule has 1 aliphatic rings. The summed E-state index contributed by atoms with van der Waals surface area (Å²) >= 11 is 0. The first-order valence-electron chi connectivity index (χ1n) is 4.70. The molecule has 1 unspecified atom stereocenters. The van der Waals surface area contributed by atoms with Gasteiger partial charge in [0.05, 0.1) is 12.5 Å². The second-order valence-corrected chi connectivity index (χ2v) is 3.26. The molecule has 1 fully saturated rings. The predicted molar refractivity (Wildman–Crippen MR) is 48.9 cm³/mol. The summed E-state index contributed by atoms with van der Waals surface area (Å²) in [4.78, 5) is 11.2. The molecule has 0 spiro atoms. The summed E-state index contributed by atoms with van der Waals surface area (Å²) in [7, 11) is 0. The highest BCUT2D eigenvalue weighted by Gasteiger charge is 2.16. The van der Waals surface area contributed by atoms with Gasteiger partial charge in [-0.1, -0.05) is 0 Å². The average molecular weight is 181 g/mol. The Morgan fingerprint density at radius 1 is 1.69 bits per heavy atom. The third-order valence-corrected chi connectivity index (χ3v) is 2.15. The van der Waals surface area contributed by atoms with E-state index in [1.165, 1.54) is 0 Å². The monoisotopic (exact) mass is 181 g/mol. The molecule has 1 aliphatic heterocycles. The van der Waals surface area contributed by atoms with Gasteiger partial charge in [0.2, 0.25) is 5.91 Å². The molecule has 0 aromatic carbocycles. The second-order valence-electron chi connectivity index (χ2n) is 3.26. The van der Waals surface area contributed by atoms with Gasteiger partial charge in [-0.3, -0.25) is 4.79 Å². The molecular formula is C9H15N3O. The molecular weight excluding hydrogens is 166 g/mol. The van der Waals surface area contributed by atoms with Crippen LogP contribution in [0.2, 0.25) is 0 Å². The van der Waals surface area contributed by atoms with Gasteiger partial charge in [0.25, 0.3) is 0 Å². The van der Waals surface area contributed by atoms with Gasteiger partial charge in [-0.2, -0.15) is 5.26 Å². The molecule has 72 valence electrons. The molecule has 0 saturated carbocycles. The molecule has 1 saturated heterocycles. The van der Waals surface area contributed by atoms with Crippen LogP contribution in [0.5, 0.6) is 0 Å². The van der Waals surface area contributed by atoms with Crippen LogP contribution in [0.15, 0.2) is 0 Å². The van der Waals surface area contributed by atoms with Gasteiger partial charge in [-0.15, -0.1) is 0 Å². The quantitative estimate of drug-likeness (QED) is 0.607. The van der Waals surface area contributed by atoms with E-state index in [-0.39, 0.29) is 5.91 Å². The van der Waals surface area contributed by atoms with Gasteiger partial charge >= 0.3 is 0 Å². The van der Waals surface area contributed by atoms with Crippen molar-refractivity contribution in [1.82, 2.24) is 10.6 Å². The van der Waals surface area contributed by atoms with Crippen LogP contribution in [0, 0.1) is 11.3 Å². The van der Waals surface area contributed by atoms with E-state index < -0.39 is 0 Å². The molecule has 4 nitrogen and oxygen atoms in total. The fraction of sp³-hybridized carbons (Fsp3) is 0.778. The van der Waals surface area contributed by atoms with Crippen molar-refractivity contribution in [2.24, 2.45) is 0 Å². The Labute approximate surface area is 78.3 Å². The summed E-state index contributed by atoms with van der Waals surface area (Å²) < 4.78 is 0. The third kappa shape index (κ3) is 3.90. The van der Waals surface area contributed by atoms with Crippen molar-refractivity contribution < 1.29 is 4.79 Å². The number of carbonyl (C=O) groups is 1. The van der Waals surface area contributed by atoms with Gasteiger partial charge < -0.3 is 10.6 Å². The van der Waals surface area contributed by atoms with Crippen molar-refractivity contribution >= 4 is 5.91 Å². The molecule has 0 aromatic rings. The lowest BCUT2D eigenvalue weighted by Crippen LogP contribution is -2.32. The lowest BCUT2D eigenvalue weighted by molar-refractivity contribution is -0.121. The molecule has 13 heavy (non-hydrogen) atoms. The topological polar surface area (TPSA) is 64.9 Å². The van der Waals surface area contributed by atoms with Crippen LogP contribution >= 0.6 is 0 Å². The fourth-order valence-corrected chi connectivity index (χ4v) is 1.48. The summed E-state index contributed by atoms with van der Waals surface area (Å²) in [5.74, 6) is 0.0506. The molecule has 1 rings (SSSR count). The average Bonchev–Trinajstić information content (AvgIpc) is 2.57. The zero-order valence-electron chi connectivity index (χ0n) is 7.68. The van der Waals surface area contributed by atoms with Gasteiger partial charge in [-0.25, -0.2) is 0 Å². The highest BCUT2D eigenvalue weighted by molar-refractivity contribution is 5.76. The highest BCUT2D eigenvalue weighted by Crippen LogP contribution is 2.07. The largest absolute Gasteiger partial charge is 0.355 e. The first kappa shape index (κ1) is 10.0. The molecule has 0 bridgehead atoms. The van der Waals surface area contributed by atoms with Crippen LogP contribution in [-0.2, 0) is 4.79 Å². The van der Waals surface area contributed by atoms with E-state index in [2.05, 4.69) is 10.6 Å². The lowest BCUT2D eigenvalue weighted by atomic mass is 10.1. The standard InChI is InChI=1S/C9H15N3O/c10-4-2-6-12-9(13)7-8-3-1-5-11-8/h8,11H,1-3,5-7H2,(H,12,13). The summed E-state index contributed by atoms with van der Waals surface area (Å²) in [6.45, 7) is 1.50. The predicted octanol–water partition coefficient (Wildman–Crippen LogP) is 0.158. The molecule has 1 atom stereocenters. The van der Waals surface area contributed by atoms with Crippen molar-refractivity contribution in [3.63, 3.8) is 0 Å². The number of hydrogen-bond acceptors (Lipinski definition) is 3. The first-order chi connectivity index (χ1) is 6.33. The van der Waals surface area contributed by atoms with E-state index in [9.17, 15) is 4.79 Å². The number of nitrogens with zero attached hydrogens (tertiary/aromatic N) is 1. The summed E-state index contributed by atoms with van der Waals surface area (Å²) in [6.07, 6.45) is 3.19. The maximum atomic E-state index is 11.2. The molecule has 0 aliphatic carbocycles. The fourth-order valence-electron chi connectivity index (χ4n) is 1.48. The van der Waals surface area contributed by atoms with Crippen LogP contribution in [0.1, 0.15) is 25.7 Å². The van der Waals surface area contributed by atoms with Gasteiger partial charge in [0, 0.05) is 19.0 Å². The van der Waals surface area contributed by atoms with Crippen LogP contribution in [0.25, 0.3) is 0 Å². The van der Waals surface area contributed by atoms with Crippen molar-refractivity contribution in [1.29, 1.82) is 5.26 Å². The van der Waals surface area contributed by atoms with Crippen molar-refractivity contribution in [3.05, 3.63) is 0 Å². The SMILES string of the molecule is N#CCCNC(=O)CC1CCCN1. The van der Waals surface area contributed by atoms with E-state index in [0.29, 0.717) is 25.4 Å². The Kier molecular flexibility index (Phi) is 4.27. The number of nitrogens with one attached hydrogen (secondary N) is 2. The van der Waals surface area contributed by atoms with Gasteiger partial charge in [0.15, 0.2) is 0 Å². The Balaban J connectivity index is 2.07. The minimum atomic E-state index is 0.0506. The number of carbonyl (C=O) groups excluding carboxylic acids is 1. The zero-order chi connectivity index (χ0) is 9.52. The molecule has 4 heteroatoms. The molecule has 0 radical (unpaired) electrons. The Morgan fingerprint density at radius 2 is 2.54 bits per heavy atom. The van der Waals surface area contributed by atoms with Gasteiger partial charge in [0.1, 0.15) is 0 Å². The van der Waals surface area contributed by atoms with Crippen LogP contribution < -0.4 is 10.6 Å². The van der Waals surface area contributed by atoms with E-state index in [1.54, 1.807) is 0 Å². The normalized spacial score (nSPS) is 21.0. The molecule has 2 N–H and O–H groups in total. The maximum Gasteiger partial charge on any atom is 0.221 e. The Morgan fingerprint density at radius 3 is 3.15 bits per heavy atom. The highest BCUT2D eigenvalue weighted by atomic mass is 16.1. The summed E-state index contributed by atoms with van der Waals surface area (Å²) in [6, 6.07) is 2.34. The summed E-state index contributed by atoms with van der Waals surface area (Å²) in [5, 5.41) is 14.2. The molecule has 1 amide bonds. The minimum Gasteiger partial charge on any atom is -0.355 e. The minimum absolute atomic E-state index is 0.0506. The van der Waals surface area contributed by atoms with E-state index in [4.69, 9.17) is 5.26 Å².